The molecule has 8 heteroatoms. The number of ether oxygens (including phenoxy) is 2. The predicted octanol–water partition coefficient (Wildman–Crippen LogP) is 6.97. The van der Waals surface area contributed by atoms with E-state index in [1.165, 1.54) is 11.8 Å². The van der Waals surface area contributed by atoms with Crippen LogP contribution < -0.4 is 4.74 Å². The summed E-state index contributed by atoms with van der Waals surface area (Å²) < 4.78 is 13.4. The molecule has 3 aromatic rings. The van der Waals surface area contributed by atoms with Crippen LogP contribution in [0.15, 0.2) is 66.7 Å². The molecule has 7 nitrogen and oxygen atoms in total. The number of nitrogens with zero attached hydrogens (tertiary/aromatic N) is 3. The second kappa shape index (κ2) is 11.7. The Balaban J connectivity index is 1.58. The Labute approximate surface area is 222 Å². The largest absolute Gasteiger partial charge is 0.457 e. The Bertz CT molecular complexity index is 1270. The van der Waals surface area contributed by atoms with Crippen LogP contribution in [0.2, 0.25) is 0 Å². The molecule has 37 heavy (non-hydrogen) atoms. The maximum Gasteiger partial charge on any atom is 0.410 e. The third kappa shape index (κ3) is 6.63. The number of aromatic nitrogens is 2. The van der Waals surface area contributed by atoms with E-state index in [-0.39, 0.29) is 11.2 Å². The lowest BCUT2D eigenvalue weighted by Crippen LogP contribution is -2.40. The first-order valence-corrected chi connectivity index (χ1v) is 13.6. The van der Waals surface area contributed by atoms with Crippen LogP contribution in [-0.2, 0) is 4.74 Å². The van der Waals surface area contributed by atoms with Crippen LogP contribution in [-0.4, -0.2) is 50.3 Å². The molecule has 2 aromatic carbocycles. The summed E-state index contributed by atoms with van der Waals surface area (Å²) in [6.07, 6.45) is 3.09. The number of carbonyl (C=O) groups is 2. The Hall–Kier alpha value is -3.52. The lowest BCUT2D eigenvalue weighted by molar-refractivity contribution is 0.0132. The van der Waals surface area contributed by atoms with E-state index in [2.05, 4.69) is 5.10 Å². The molecule has 0 spiro atoms. The van der Waals surface area contributed by atoms with E-state index in [0.29, 0.717) is 36.7 Å². The minimum Gasteiger partial charge on any atom is -0.457 e. The minimum absolute atomic E-state index is 0.0602. The third-order valence-electron chi connectivity index (χ3n) is 6.27. The summed E-state index contributed by atoms with van der Waals surface area (Å²) in [5.74, 6) is 2.15. The summed E-state index contributed by atoms with van der Waals surface area (Å²) in [5.41, 5.74) is 2.62. The number of para-hydroxylation sites is 1. The molecule has 0 saturated heterocycles. The average molecular weight is 520 g/mol. The molecule has 2 heterocycles. The van der Waals surface area contributed by atoms with Gasteiger partial charge in [-0.2, -0.15) is 5.10 Å². The van der Waals surface area contributed by atoms with Crippen molar-refractivity contribution in [1.29, 1.82) is 0 Å². The SMILES string of the molecule is CCSC(=O)c1cc(C2=CCN(C(=O)OC(C)(C)CC)CC2)n(-c2ccc(Oc3ccccc3)cc2)n1. The maximum absolute atomic E-state index is 12.7. The molecule has 0 fully saturated rings. The molecule has 4 rings (SSSR count). The van der Waals surface area contributed by atoms with Gasteiger partial charge in [0, 0.05) is 13.1 Å². The van der Waals surface area contributed by atoms with Gasteiger partial charge in [0.1, 0.15) is 22.8 Å². The fraction of sp³-hybridized carbons (Fsp3) is 0.345. The normalized spacial score (nSPS) is 13.7. The molecule has 0 atom stereocenters. The molecule has 1 aliphatic heterocycles. The molecular formula is C29H33N3O4S. The highest BCUT2D eigenvalue weighted by Crippen LogP contribution is 2.29. The minimum atomic E-state index is -0.498. The molecule has 1 amide bonds. The highest BCUT2D eigenvalue weighted by molar-refractivity contribution is 8.14. The molecule has 1 aliphatic rings. The van der Waals surface area contributed by atoms with Crippen molar-refractivity contribution in [1.82, 2.24) is 14.7 Å². The monoisotopic (exact) mass is 519 g/mol. The lowest BCUT2D eigenvalue weighted by Gasteiger charge is -2.31. The van der Waals surface area contributed by atoms with Gasteiger partial charge in [-0.3, -0.25) is 4.79 Å². The lowest BCUT2D eigenvalue weighted by atomic mass is 10.0. The van der Waals surface area contributed by atoms with Crippen LogP contribution in [0.25, 0.3) is 11.3 Å². The Morgan fingerprint density at radius 1 is 1.03 bits per heavy atom. The zero-order valence-corrected chi connectivity index (χ0v) is 22.6. The first-order valence-electron chi connectivity index (χ1n) is 12.6. The van der Waals surface area contributed by atoms with E-state index in [1.807, 2.05) is 94.4 Å². The second-order valence-electron chi connectivity index (χ2n) is 9.36. The van der Waals surface area contributed by atoms with E-state index in [4.69, 9.17) is 9.47 Å². The zero-order chi connectivity index (χ0) is 26.4. The van der Waals surface area contributed by atoms with E-state index in [0.717, 1.165) is 29.1 Å². The number of thioether (sulfide) groups is 1. The van der Waals surface area contributed by atoms with E-state index < -0.39 is 5.60 Å². The van der Waals surface area contributed by atoms with Gasteiger partial charge in [0.05, 0.1) is 11.4 Å². The van der Waals surface area contributed by atoms with Crippen molar-refractivity contribution in [2.45, 2.75) is 46.1 Å². The first kappa shape index (κ1) is 26.5. The van der Waals surface area contributed by atoms with Gasteiger partial charge >= 0.3 is 6.09 Å². The quantitative estimate of drug-likeness (QED) is 0.320. The molecule has 194 valence electrons. The summed E-state index contributed by atoms with van der Waals surface area (Å²) in [6, 6.07) is 19.1. The van der Waals surface area contributed by atoms with Crippen molar-refractivity contribution >= 4 is 28.5 Å². The molecule has 0 bridgehead atoms. The number of hydrogen-bond donors (Lipinski definition) is 0. The molecule has 0 unspecified atom stereocenters. The van der Waals surface area contributed by atoms with Gasteiger partial charge < -0.3 is 14.4 Å². The summed E-state index contributed by atoms with van der Waals surface area (Å²) >= 11 is 1.24. The zero-order valence-electron chi connectivity index (χ0n) is 21.8. The average Bonchev–Trinajstić information content (AvgIpc) is 3.35. The molecule has 0 saturated carbocycles. The van der Waals surface area contributed by atoms with Crippen LogP contribution in [0.4, 0.5) is 4.79 Å². The number of amides is 1. The smallest absolute Gasteiger partial charge is 0.410 e. The third-order valence-corrected chi connectivity index (χ3v) is 7.03. The highest BCUT2D eigenvalue weighted by Gasteiger charge is 2.27. The maximum atomic E-state index is 12.7. The molecule has 0 aliphatic carbocycles. The molecule has 0 N–H and O–H groups in total. The predicted molar refractivity (Wildman–Crippen MR) is 148 cm³/mol. The fourth-order valence-corrected chi connectivity index (χ4v) is 4.34. The fourth-order valence-electron chi connectivity index (χ4n) is 3.83. The summed E-state index contributed by atoms with van der Waals surface area (Å²) in [5, 5.41) is 4.60. The van der Waals surface area contributed by atoms with Gasteiger partial charge in [0.25, 0.3) is 0 Å². The first-order chi connectivity index (χ1) is 17.8. The second-order valence-corrected chi connectivity index (χ2v) is 10.6. The Kier molecular flexibility index (Phi) is 8.38. The van der Waals surface area contributed by atoms with Crippen LogP contribution in [0.1, 0.15) is 56.7 Å². The Morgan fingerprint density at radius 3 is 2.35 bits per heavy atom. The van der Waals surface area contributed by atoms with Crippen molar-refractivity contribution in [3.8, 4) is 17.2 Å². The Morgan fingerprint density at radius 2 is 1.73 bits per heavy atom. The summed E-state index contributed by atoms with van der Waals surface area (Å²) in [6.45, 7) is 8.75. The van der Waals surface area contributed by atoms with Gasteiger partial charge in [-0.25, -0.2) is 9.48 Å². The van der Waals surface area contributed by atoms with E-state index in [9.17, 15) is 9.59 Å². The van der Waals surface area contributed by atoms with Gasteiger partial charge in [-0.15, -0.1) is 0 Å². The van der Waals surface area contributed by atoms with Crippen LogP contribution in [0.5, 0.6) is 11.5 Å². The highest BCUT2D eigenvalue weighted by atomic mass is 32.2. The van der Waals surface area contributed by atoms with Crippen molar-refractivity contribution in [2.75, 3.05) is 18.8 Å². The number of hydrogen-bond acceptors (Lipinski definition) is 6. The van der Waals surface area contributed by atoms with Crippen molar-refractivity contribution in [3.63, 3.8) is 0 Å². The number of benzene rings is 2. The van der Waals surface area contributed by atoms with Crippen molar-refractivity contribution in [2.24, 2.45) is 0 Å². The molecular weight excluding hydrogens is 486 g/mol. The summed E-state index contributed by atoms with van der Waals surface area (Å²) in [7, 11) is 0. The molecule has 1 aromatic heterocycles. The topological polar surface area (TPSA) is 73.7 Å². The van der Waals surface area contributed by atoms with Gasteiger partial charge in [0.15, 0.2) is 0 Å². The number of carbonyl (C=O) groups excluding carboxylic acids is 2. The van der Waals surface area contributed by atoms with Gasteiger partial charge in [-0.05, 0) is 80.5 Å². The number of rotatable bonds is 8. The standard InChI is InChI=1S/C29H33N3O4S/c1-5-29(3,4)36-28(34)31-18-16-21(17-19-31)26-20-25(27(33)37-6-2)30-32(26)22-12-14-24(15-13-22)35-23-10-8-7-9-11-23/h7-16,20H,5-6,17-19H2,1-4H3. The summed E-state index contributed by atoms with van der Waals surface area (Å²) in [4.78, 5) is 27.0. The van der Waals surface area contributed by atoms with Crippen molar-refractivity contribution in [3.05, 3.63) is 78.1 Å². The van der Waals surface area contributed by atoms with Crippen LogP contribution in [0, 0.1) is 0 Å². The van der Waals surface area contributed by atoms with Gasteiger partial charge in [0.2, 0.25) is 5.12 Å². The van der Waals surface area contributed by atoms with Crippen LogP contribution in [0.3, 0.4) is 0 Å². The molecule has 0 radical (unpaired) electrons. The van der Waals surface area contributed by atoms with Crippen molar-refractivity contribution < 1.29 is 19.1 Å². The van der Waals surface area contributed by atoms with Crippen LogP contribution >= 0.6 is 11.8 Å². The van der Waals surface area contributed by atoms with E-state index in [1.54, 1.807) is 9.58 Å². The van der Waals surface area contributed by atoms with Gasteiger partial charge in [-0.1, -0.05) is 49.9 Å². The van der Waals surface area contributed by atoms with E-state index >= 15 is 0 Å².